The summed E-state index contributed by atoms with van der Waals surface area (Å²) in [5.74, 6) is 0.320. The predicted molar refractivity (Wildman–Crippen MR) is 106 cm³/mol. The van der Waals surface area contributed by atoms with Crippen molar-refractivity contribution in [3.05, 3.63) is 45.9 Å². The fourth-order valence-corrected chi connectivity index (χ4v) is 3.79. The van der Waals surface area contributed by atoms with E-state index in [4.69, 9.17) is 0 Å². The van der Waals surface area contributed by atoms with Gasteiger partial charge in [0.1, 0.15) is 5.39 Å². The van der Waals surface area contributed by atoms with Crippen molar-refractivity contribution in [3.8, 4) is 0 Å². The molecule has 8 heteroatoms. The molecule has 2 aromatic heterocycles. The maximum absolute atomic E-state index is 12.8. The third-order valence-corrected chi connectivity index (χ3v) is 5.46. The molecule has 2 N–H and O–H groups in total. The Hall–Kier alpha value is -3.00. The van der Waals surface area contributed by atoms with Crippen molar-refractivity contribution in [2.45, 2.75) is 39.3 Å². The van der Waals surface area contributed by atoms with Gasteiger partial charge >= 0.3 is 0 Å². The summed E-state index contributed by atoms with van der Waals surface area (Å²) in [5.41, 5.74) is 3.67. The summed E-state index contributed by atoms with van der Waals surface area (Å²) < 4.78 is 2.90. The Morgan fingerprint density at radius 3 is 2.96 bits per heavy atom. The van der Waals surface area contributed by atoms with Gasteiger partial charge < -0.3 is 10.6 Å². The van der Waals surface area contributed by atoms with Crippen LogP contribution >= 0.6 is 0 Å². The standard InChI is InChI=1S/C20H22N6O2/c1-2-25-19(28)16-11-22-20(24-17(16)26(25)18(27)12-3-4-12)23-15-6-5-14-10-21-8-7-13(14)9-15/h5-6,9,11-12,21H,2-4,7-8,10H2,1H3,(H,22,23,24). The summed E-state index contributed by atoms with van der Waals surface area (Å²) in [7, 11) is 0. The van der Waals surface area contributed by atoms with Crippen molar-refractivity contribution in [1.29, 1.82) is 0 Å². The molecule has 1 aliphatic heterocycles. The quantitative estimate of drug-likeness (QED) is 0.722. The summed E-state index contributed by atoms with van der Waals surface area (Å²) in [4.78, 5) is 34.2. The van der Waals surface area contributed by atoms with E-state index in [1.165, 1.54) is 26.7 Å². The van der Waals surface area contributed by atoms with E-state index in [1.54, 1.807) is 0 Å². The minimum Gasteiger partial charge on any atom is -0.324 e. The highest BCUT2D eigenvalue weighted by molar-refractivity contribution is 5.91. The van der Waals surface area contributed by atoms with E-state index in [9.17, 15) is 9.59 Å². The van der Waals surface area contributed by atoms with E-state index in [-0.39, 0.29) is 17.4 Å². The van der Waals surface area contributed by atoms with Gasteiger partial charge in [-0.3, -0.25) is 9.59 Å². The van der Waals surface area contributed by atoms with Crippen molar-refractivity contribution in [1.82, 2.24) is 24.6 Å². The largest absolute Gasteiger partial charge is 0.324 e. The number of nitrogens with zero attached hydrogens (tertiary/aromatic N) is 4. The molecule has 1 fully saturated rings. The van der Waals surface area contributed by atoms with Gasteiger partial charge in [0.15, 0.2) is 5.65 Å². The zero-order valence-electron chi connectivity index (χ0n) is 15.7. The zero-order valence-corrected chi connectivity index (χ0v) is 15.7. The van der Waals surface area contributed by atoms with Crippen LogP contribution in [-0.4, -0.2) is 31.8 Å². The second-order valence-corrected chi connectivity index (χ2v) is 7.41. The second kappa shape index (κ2) is 6.56. The highest BCUT2D eigenvalue weighted by Gasteiger charge is 2.34. The molecule has 28 heavy (non-hydrogen) atoms. The maximum Gasteiger partial charge on any atom is 0.278 e. The van der Waals surface area contributed by atoms with Gasteiger partial charge in [0.25, 0.3) is 5.56 Å². The van der Waals surface area contributed by atoms with Crippen LogP contribution in [0.3, 0.4) is 0 Å². The summed E-state index contributed by atoms with van der Waals surface area (Å²) >= 11 is 0. The first-order valence-electron chi connectivity index (χ1n) is 9.78. The molecule has 8 nitrogen and oxygen atoms in total. The first-order chi connectivity index (χ1) is 13.7. The molecular weight excluding hydrogens is 356 g/mol. The number of rotatable bonds is 4. The van der Waals surface area contributed by atoms with Crippen LogP contribution in [0.15, 0.2) is 29.2 Å². The second-order valence-electron chi connectivity index (χ2n) is 7.41. The van der Waals surface area contributed by atoms with Gasteiger partial charge in [-0.15, -0.1) is 0 Å². The molecule has 2 aliphatic rings. The van der Waals surface area contributed by atoms with E-state index < -0.39 is 0 Å². The number of carbonyl (C=O) groups excluding carboxylic acids is 1. The van der Waals surface area contributed by atoms with Gasteiger partial charge in [0, 0.05) is 30.9 Å². The highest BCUT2D eigenvalue weighted by atomic mass is 16.2. The Kier molecular flexibility index (Phi) is 4.01. The van der Waals surface area contributed by atoms with Gasteiger partial charge in [-0.1, -0.05) is 6.07 Å². The molecule has 5 rings (SSSR count). The van der Waals surface area contributed by atoms with Gasteiger partial charge in [-0.25, -0.2) is 9.67 Å². The fourth-order valence-electron chi connectivity index (χ4n) is 3.79. The van der Waals surface area contributed by atoms with Gasteiger partial charge in [0.05, 0.1) is 0 Å². The lowest BCUT2D eigenvalue weighted by Gasteiger charge is -2.18. The molecular formula is C20H22N6O2. The summed E-state index contributed by atoms with van der Waals surface area (Å²) in [6.45, 7) is 4.12. The van der Waals surface area contributed by atoms with Crippen LogP contribution in [0.2, 0.25) is 0 Å². The number of anilines is 2. The van der Waals surface area contributed by atoms with Crippen LogP contribution < -0.4 is 16.2 Å². The van der Waals surface area contributed by atoms with Crippen LogP contribution in [0.25, 0.3) is 11.0 Å². The molecule has 144 valence electrons. The Bertz CT molecular complexity index is 1140. The Balaban J connectivity index is 1.55. The molecule has 3 aromatic rings. The molecule has 0 saturated heterocycles. The predicted octanol–water partition coefficient (Wildman–Crippen LogP) is 2.05. The normalized spacial score (nSPS) is 16.2. The van der Waals surface area contributed by atoms with Crippen molar-refractivity contribution >= 4 is 28.6 Å². The maximum atomic E-state index is 12.8. The Morgan fingerprint density at radius 2 is 2.18 bits per heavy atom. The van der Waals surface area contributed by atoms with E-state index in [0.29, 0.717) is 23.5 Å². The average molecular weight is 378 g/mol. The topological polar surface area (TPSA) is 93.8 Å². The number of benzene rings is 1. The summed E-state index contributed by atoms with van der Waals surface area (Å²) in [5, 5.41) is 6.96. The lowest BCUT2D eigenvalue weighted by molar-refractivity contribution is 0.0856. The number of hydrogen-bond donors (Lipinski definition) is 2. The number of nitrogens with one attached hydrogen (secondary N) is 2. The third kappa shape index (κ3) is 2.80. The highest BCUT2D eigenvalue weighted by Crippen LogP contribution is 2.31. The Morgan fingerprint density at radius 1 is 1.32 bits per heavy atom. The average Bonchev–Trinajstić information content (AvgIpc) is 3.52. The molecule has 1 aromatic carbocycles. The lowest BCUT2D eigenvalue weighted by Crippen LogP contribution is -2.27. The van der Waals surface area contributed by atoms with E-state index in [2.05, 4.69) is 32.7 Å². The summed E-state index contributed by atoms with van der Waals surface area (Å²) in [6, 6.07) is 6.21. The first kappa shape index (κ1) is 17.1. The van der Waals surface area contributed by atoms with Crippen molar-refractivity contribution in [2.24, 2.45) is 5.92 Å². The molecule has 0 radical (unpaired) electrons. The molecule has 3 heterocycles. The molecule has 0 spiro atoms. The monoisotopic (exact) mass is 378 g/mol. The molecule has 1 saturated carbocycles. The molecule has 1 aliphatic carbocycles. The number of hydrogen-bond acceptors (Lipinski definition) is 6. The fraction of sp³-hybridized carbons (Fsp3) is 0.400. The van der Waals surface area contributed by atoms with Gasteiger partial charge in [0.2, 0.25) is 11.9 Å². The van der Waals surface area contributed by atoms with Crippen LogP contribution in [0.1, 0.15) is 35.7 Å². The van der Waals surface area contributed by atoms with Crippen molar-refractivity contribution in [2.75, 3.05) is 11.9 Å². The minimum atomic E-state index is -0.223. The lowest BCUT2D eigenvalue weighted by atomic mass is 10.0. The smallest absolute Gasteiger partial charge is 0.278 e. The van der Waals surface area contributed by atoms with Crippen LogP contribution in [0, 0.1) is 5.92 Å². The molecule has 0 unspecified atom stereocenters. The number of aromatic nitrogens is 4. The Labute approximate surface area is 161 Å². The SMILES string of the molecule is CCn1c(=O)c2cnc(Nc3ccc4c(c3)CCNC4)nc2n1C(=O)C1CC1. The van der Waals surface area contributed by atoms with Crippen molar-refractivity contribution < 1.29 is 4.79 Å². The molecule has 0 bridgehead atoms. The first-order valence-corrected chi connectivity index (χ1v) is 9.78. The molecule has 0 atom stereocenters. The van der Waals surface area contributed by atoms with Crippen LogP contribution in [-0.2, 0) is 19.5 Å². The summed E-state index contributed by atoms with van der Waals surface area (Å²) in [6.07, 6.45) is 4.24. The number of fused-ring (bicyclic) bond motifs is 2. The van der Waals surface area contributed by atoms with Crippen molar-refractivity contribution in [3.63, 3.8) is 0 Å². The van der Waals surface area contributed by atoms with E-state index in [1.807, 2.05) is 13.0 Å². The van der Waals surface area contributed by atoms with E-state index in [0.717, 1.165) is 38.0 Å². The van der Waals surface area contributed by atoms with E-state index >= 15 is 0 Å². The minimum absolute atomic E-state index is 0.00608. The third-order valence-electron chi connectivity index (χ3n) is 5.46. The number of carbonyl (C=O) groups is 1. The van der Waals surface area contributed by atoms with Gasteiger partial charge in [-0.05, 0) is 56.0 Å². The van der Waals surface area contributed by atoms with Crippen LogP contribution in [0.4, 0.5) is 11.6 Å². The molecule has 0 amide bonds. The zero-order chi connectivity index (χ0) is 19.3. The van der Waals surface area contributed by atoms with Gasteiger partial charge in [-0.2, -0.15) is 9.67 Å². The van der Waals surface area contributed by atoms with Crippen LogP contribution in [0.5, 0.6) is 0 Å².